The second kappa shape index (κ2) is 35.5. The van der Waals surface area contributed by atoms with E-state index in [9.17, 15) is 16.8 Å². The average Bonchev–Trinajstić information content (AvgIpc) is 1.13. The monoisotopic (exact) mass is 1370 g/mol. The van der Waals surface area contributed by atoms with Gasteiger partial charge in [0.2, 0.25) is 20.0 Å². The number of nitrogens with zero attached hydrogens (tertiary/aromatic N) is 6. The van der Waals surface area contributed by atoms with Crippen molar-refractivity contribution < 1.29 is 16.8 Å². The van der Waals surface area contributed by atoms with E-state index < -0.39 is 20.0 Å². The van der Waals surface area contributed by atoms with Crippen LogP contribution in [0.3, 0.4) is 0 Å². The van der Waals surface area contributed by atoms with Gasteiger partial charge in [-0.3, -0.25) is 18.4 Å². The third kappa shape index (κ3) is 16.5. The van der Waals surface area contributed by atoms with Crippen molar-refractivity contribution in [1.82, 2.24) is 27.4 Å². The maximum atomic E-state index is 15.1. The predicted octanol–water partition coefficient (Wildman–Crippen LogP) is 22.9. The van der Waals surface area contributed by atoms with Crippen LogP contribution in [0, 0.1) is 0 Å². The summed E-state index contributed by atoms with van der Waals surface area (Å²) in [4.78, 5) is 40.9. The molecule has 0 saturated heterocycles. The standard InChI is InChI=1S/C84H114N6O6S2/c1-5-9-13-17-21-25-29-33-37-41-57-87(58-42-38-34-30-26-22-18-14-10-6-2)97(93,94)63-45-55-75-73(61-63)85-81-69-51-47-65-68-50-54-72-80-70(52-48-66(78(68)80)67-49-53-71(79(69)77(65)67)83(91)89(75)81)82-86-74-62-64(46-56-76(74)90(82)84(72)92)98(95,96)88(59-43-39-35-31-27-23-19-15-11-7-3)60-44-40-36-32-28-24-20-16-12-8-4/h45-56,61-62H,5-44,57-60H2,1-4H3. The lowest BCUT2D eigenvalue weighted by Gasteiger charge is -2.22. The van der Waals surface area contributed by atoms with E-state index in [1.807, 2.05) is 36.4 Å². The smallest absolute Gasteiger partial charge is 0.264 e. The van der Waals surface area contributed by atoms with Crippen LogP contribution in [0.1, 0.15) is 285 Å². The summed E-state index contributed by atoms with van der Waals surface area (Å²) >= 11 is 0. The van der Waals surface area contributed by atoms with Crippen LogP contribution in [0.15, 0.2) is 104 Å². The van der Waals surface area contributed by atoms with Crippen molar-refractivity contribution in [3.63, 3.8) is 0 Å². The Bertz CT molecular complexity index is 4370. The highest BCUT2D eigenvalue weighted by Gasteiger charge is 2.29. The summed E-state index contributed by atoms with van der Waals surface area (Å²) in [6, 6.07) is 26.4. The van der Waals surface area contributed by atoms with Crippen molar-refractivity contribution >= 4 is 118 Å². The minimum absolute atomic E-state index is 0.205. The highest BCUT2D eigenvalue weighted by atomic mass is 32.2. The number of rotatable bonds is 48. The van der Waals surface area contributed by atoms with Crippen molar-refractivity contribution in [3.05, 3.63) is 106 Å². The summed E-state index contributed by atoms with van der Waals surface area (Å²) < 4.78 is 66.2. The molecule has 12 nitrogen and oxygen atoms in total. The Balaban J connectivity index is 0.871. The lowest BCUT2D eigenvalue weighted by atomic mass is 9.86. The summed E-state index contributed by atoms with van der Waals surface area (Å²) in [6.45, 7) is 11.0. The number of hydrogen-bond donors (Lipinski definition) is 0. The molecule has 0 radical (unpaired) electrons. The number of benzene rings is 7. The highest BCUT2D eigenvalue weighted by Crippen LogP contribution is 2.46. The SMILES string of the molecule is CCCCCCCCCCCCN(CCCCCCCCCCCC)S(=O)(=O)c1ccc2c(c1)nc1c3ccc4c5ccc6c(=O)n7c8ccc(S(=O)(=O)N(CCCCCCCCCCCC)CCCCCCCCCCCC)cc8nc7c7ccc(c8ccc(c(=O)n21)c3c84)c5c67. The molecule has 4 heterocycles. The first-order chi connectivity index (χ1) is 47.9. The number of imidazole rings is 2. The first kappa shape index (κ1) is 73.2. The number of hydrogen-bond acceptors (Lipinski definition) is 8. The normalized spacial score (nSPS) is 12.9. The molecule has 11 aromatic rings. The van der Waals surface area contributed by atoms with Gasteiger partial charge in [0.1, 0.15) is 11.3 Å². The Kier molecular flexibility index (Phi) is 26.5. The molecule has 0 atom stereocenters. The maximum absolute atomic E-state index is 15.1. The van der Waals surface area contributed by atoms with Gasteiger partial charge < -0.3 is 0 Å². The number of sulfonamides is 2. The van der Waals surface area contributed by atoms with E-state index in [4.69, 9.17) is 9.97 Å². The Morgan fingerprint density at radius 1 is 0.286 bits per heavy atom. The average molecular weight is 1370 g/mol. The summed E-state index contributed by atoms with van der Waals surface area (Å²) in [5, 5.41) is 9.89. The van der Waals surface area contributed by atoms with E-state index in [0.717, 1.165) is 131 Å². The third-order valence-electron chi connectivity index (χ3n) is 21.8. The van der Waals surface area contributed by atoms with Gasteiger partial charge in [0.05, 0.1) is 31.9 Å². The molecular weight excluding hydrogens is 1250 g/mol. The molecule has 7 aromatic carbocycles. The molecule has 0 spiro atoms. The topological polar surface area (TPSA) is 143 Å². The van der Waals surface area contributed by atoms with Crippen molar-refractivity contribution in [2.75, 3.05) is 26.2 Å². The molecule has 14 heteroatoms. The van der Waals surface area contributed by atoms with E-state index in [1.54, 1.807) is 53.8 Å². The van der Waals surface area contributed by atoms with Gasteiger partial charge in [0, 0.05) is 58.5 Å². The highest BCUT2D eigenvalue weighted by molar-refractivity contribution is 7.89. The van der Waals surface area contributed by atoms with Crippen LogP contribution < -0.4 is 11.1 Å². The third-order valence-corrected chi connectivity index (χ3v) is 25.6. The van der Waals surface area contributed by atoms with Crippen molar-refractivity contribution in [2.24, 2.45) is 0 Å². The predicted molar refractivity (Wildman–Crippen MR) is 415 cm³/mol. The molecule has 528 valence electrons. The minimum Gasteiger partial charge on any atom is -0.268 e. The van der Waals surface area contributed by atoms with Gasteiger partial charge in [0.15, 0.2) is 0 Å². The van der Waals surface area contributed by atoms with Gasteiger partial charge in [-0.1, -0.05) is 283 Å². The van der Waals surface area contributed by atoms with Gasteiger partial charge in [-0.15, -0.1) is 0 Å². The second-order valence-corrected chi connectivity index (χ2v) is 33.0. The van der Waals surface area contributed by atoms with Crippen LogP contribution in [0.4, 0.5) is 0 Å². The Morgan fingerprint density at radius 2 is 0.510 bits per heavy atom. The molecule has 0 bridgehead atoms. The number of aromatic nitrogens is 4. The summed E-state index contributed by atoms with van der Waals surface area (Å²) in [7, 11) is -7.77. The fourth-order valence-electron chi connectivity index (χ4n) is 16.2. The van der Waals surface area contributed by atoms with E-state index >= 15 is 9.59 Å². The molecule has 0 N–H and O–H groups in total. The Hall–Kier alpha value is -6.06. The Labute approximate surface area is 584 Å². The summed E-state index contributed by atoms with van der Waals surface area (Å²) in [5.41, 5.74) is 2.59. The molecule has 0 aliphatic carbocycles. The first-order valence-electron chi connectivity index (χ1n) is 39.3. The van der Waals surface area contributed by atoms with Gasteiger partial charge >= 0.3 is 0 Å². The van der Waals surface area contributed by atoms with Crippen LogP contribution in [0.25, 0.3) is 98.0 Å². The fourth-order valence-corrected chi connectivity index (χ4v) is 19.3. The molecule has 0 amide bonds. The van der Waals surface area contributed by atoms with E-state index in [0.29, 0.717) is 70.3 Å². The molecule has 98 heavy (non-hydrogen) atoms. The van der Waals surface area contributed by atoms with Crippen molar-refractivity contribution in [2.45, 2.75) is 294 Å². The molecule has 0 unspecified atom stereocenters. The number of fused-ring (bicyclic) bond motifs is 10. The van der Waals surface area contributed by atoms with Crippen LogP contribution in [-0.4, -0.2) is 70.4 Å². The zero-order valence-corrected chi connectivity index (χ0v) is 61.8. The molecule has 11 rings (SSSR count). The number of unbranched alkanes of at least 4 members (excludes halogenated alkanes) is 36. The molecule has 0 saturated carbocycles. The van der Waals surface area contributed by atoms with Crippen molar-refractivity contribution in [1.29, 1.82) is 0 Å². The second-order valence-electron chi connectivity index (χ2n) is 29.1. The van der Waals surface area contributed by atoms with Gasteiger partial charge in [-0.25, -0.2) is 26.8 Å². The van der Waals surface area contributed by atoms with E-state index in [2.05, 4.69) is 39.8 Å². The van der Waals surface area contributed by atoms with Crippen LogP contribution in [0.5, 0.6) is 0 Å². The molecule has 0 aliphatic rings. The van der Waals surface area contributed by atoms with Crippen LogP contribution in [-0.2, 0) is 20.0 Å². The number of pyridine rings is 2. The van der Waals surface area contributed by atoms with Crippen LogP contribution >= 0.6 is 0 Å². The van der Waals surface area contributed by atoms with E-state index in [1.165, 1.54) is 180 Å². The lowest BCUT2D eigenvalue weighted by molar-refractivity contribution is 0.382. The minimum atomic E-state index is -3.88. The molecule has 0 fully saturated rings. The van der Waals surface area contributed by atoms with Gasteiger partial charge in [-0.05, 0) is 119 Å². The van der Waals surface area contributed by atoms with E-state index in [-0.39, 0.29) is 20.9 Å². The zero-order chi connectivity index (χ0) is 68.4. The Morgan fingerprint density at radius 3 is 0.776 bits per heavy atom. The first-order valence-corrected chi connectivity index (χ1v) is 42.2. The van der Waals surface area contributed by atoms with Gasteiger partial charge in [-0.2, -0.15) is 8.61 Å². The zero-order valence-electron chi connectivity index (χ0n) is 60.1. The quantitative estimate of drug-likeness (QED) is 0.0208. The summed E-state index contributed by atoms with van der Waals surface area (Å²) in [5.74, 6) is 0. The van der Waals surface area contributed by atoms with Crippen LogP contribution in [0.2, 0.25) is 0 Å². The molecular formula is C84H114N6O6S2. The largest absolute Gasteiger partial charge is 0.268 e. The molecule has 4 aromatic heterocycles. The lowest BCUT2D eigenvalue weighted by Crippen LogP contribution is -2.33. The molecule has 0 aliphatic heterocycles. The maximum Gasteiger partial charge on any atom is 0.264 e. The summed E-state index contributed by atoms with van der Waals surface area (Å²) in [6.07, 6.45) is 47.3. The van der Waals surface area contributed by atoms with Crippen molar-refractivity contribution in [3.8, 4) is 0 Å². The van der Waals surface area contributed by atoms with Gasteiger partial charge in [0.25, 0.3) is 11.1 Å². The fraction of sp³-hybridized carbons (Fsp3) is 0.571.